The Morgan fingerprint density at radius 3 is 2.28 bits per heavy atom. The molecule has 0 amide bonds. The van der Waals surface area contributed by atoms with Gasteiger partial charge in [-0.15, -0.1) is 0 Å². The third-order valence-electron chi connectivity index (χ3n) is 4.54. The van der Waals surface area contributed by atoms with Gasteiger partial charge in [0.25, 0.3) is 0 Å². The van der Waals surface area contributed by atoms with E-state index in [9.17, 15) is 9.90 Å². The second-order valence-electron chi connectivity index (χ2n) is 9.25. The summed E-state index contributed by atoms with van der Waals surface area (Å²) in [6, 6.07) is 3.99. The highest BCUT2D eigenvalue weighted by molar-refractivity contribution is 6.04. The number of phenolic OH excluding ortho intramolecular Hbond substituents is 1. The molecule has 0 fully saturated rings. The van der Waals surface area contributed by atoms with Crippen molar-refractivity contribution in [3.63, 3.8) is 0 Å². The molecule has 5 heteroatoms. The summed E-state index contributed by atoms with van der Waals surface area (Å²) < 4.78 is 0. The topological polar surface area (TPSA) is 79.1 Å². The summed E-state index contributed by atoms with van der Waals surface area (Å²) in [4.78, 5) is 16.5. The Labute approximate surface area is 149 Å². The summed E-state index contributed by atoms with van der Waals surface area (Å²) in [6.45, 7) is 14.3. The first-order chi connectivity index (χ1) is 11.2. The average Bonchev–Trinajstić information content (AvgIpc) is 2.77. The molecule has 0 bridgehead atoms. The van der Waals surface area contributed by atoms with Crippen molar-refractivity contribution in [2.75, 3.05) is 0 Å². The highest BCUT2D eigenvalue weighted by Crippen LogP contribution is 2.40. The van der Waals surface area contributed by atoms with Crippen molar-refractivity contribution in [1.82, 2.24) is 0 Å². The summed E-state index contributed by atoms with van der Waals surface area (Å²) in [7, 11) is 0. The molecule has 0 spiro atoms. The number of hydrogen-bond acceptors (Lipinski definition) is 4. The molecule has 0 saturated heterocycles. The molecule has 1 heterocycles. The van der Waals surface area contributed by atoms with Gasteiger partial charge in [-0.2, -0.15) is 0 Å². The third-order valence-corrected chi connectivity index (χ3v) is 4.54. The summed E-state index contributed by atoms with van der Waals surface area (Å²) in [5.41, 5.74) is 1.97. The molecule has 1 aliphatic heterocycles. The zero-order valence-electron chi connectivity index (χ0n) is 16.2. The molecule has 138 valence electrons. The second kappa shape index (κ2) is 6.04. The normalized spacial score (nSPS) is 21.0. The van der Waals surface area contributed by atoms with E-state index in [0.29, 0.717) is 17.7 Å². The molecule has 1 aromatic carbocycles. The lowest BCUT2D eigenvalue weighted by Crippen LogP contribution is -2.28. The van der Waals surface area contributed by atoms with Crippen molar-refractivity contribution >= 4 is 11.7 Å². The molecule has 1 atom stereocenters. The van der Waals surface area contributed by atoms with Gasteiger partial charge in [0.15, 0.2) is 5.60 Å². The van der Waals surface area contributed by atoms with Crippen LogP contribution in [0.15, 0.2) is 17.3 Å². The van der Waals surface area contributed by atoms with Crippen LogP contribution in [0.25, 0.3) is 0 Å². The van der Waals surface area contributed by atoms with E-state index in [0.717, 1.165) is 11.1 Å². The van der Waals surface area contributed by atoms with Crippen molar-refractivity contribution < 1.29 is 19.8 Å². The largest absolute Gasteiger partial charge is 0.507 e. The molecule has 5 nitrogen and oxygen atoms in total. The van der Waals surface area contributed by atoms with Gasteiger partial charge in [-0.1, -0.05) is 52.8 Å². The van der Waals surface area contributed by atoms with Gasteiger partial charge in [0, 0.05) is 17.5 Å². The Balaban J connectivity index is 2.53. The Bertz CT molecular complexity index is 722. The van der Waals surface area contributed by atoms with E-state index >= 15 is 0 Å². The molecule has 2 rings (SSSR count). The van der Waals surface area contributed by atoms with Crippen LogP contribution in [0.4, 0.5) is 0 Å². The number of aromatic hydroxyl groups is 1. The van der Waals surface area contributed by atoms with Crippen molar-refractivity contribution in [1.29, 1.82) is 0 Å². The minimum absolute atomic E-state index is 0.0904. The molecule has 2 N–H and O–H groups in total. The lowest BCUT2D eigenvalue weighted by atomic mass is 9.78. The fourth-order valence-electron chi connectivity index (χ4n) is 3.00. The summed E-state index contributed by atoms with van der Waals surface area (Å²) in [6.07, 6.45) is 0.218. The predicted molar refractivity (Wildman–Crippen MR) is 98.4 cm³/mol. The number of carboxylic acid groups (broad SMARTS) is 1. The first-order valence-corrected chi connectivity index (χ1v) is 8.58. The maximum Gasteiger partial charge on any atom is 0.307 e. The van der Waals surface area contributed by atoms with Gasteiger partial charge in [0.1, 0.15) is 5.75 Å². The van der Waals surface area contributed by atoms with Crippen LogP contribution in [0.2, 0.25) is 0 Å². The van der Waals surface area contributed by atoms with E-state index in [1.165, 1.54) is 0 Å². The van der Waals surface area contributed by atoms with Crippen LogP contribution >= 0.6 is 0 Å². The molecule has 0 radical (unpaired) electrons. The highest BCUT2D eigenvalue weighted by Gasteiger charge is 2.38. The fourth-order valence-corrected chi connectivity index (χ4v) is 3.00. The van der Waals surface area contributed by atoms with E-state index in [-0.39, 0.29) is 23.0 Å². The lowest BCUT2D eigenvalue weighted by Gasteiger charge is -2.27. The van der Waals surface area contributed by atoms with E-state index in [1.54, 1.807) is 6.92 Å². The molecule has 0 saturated carbocycles. The van der Waals surface area contributed by atoms with Crippen molar-refractivity contribution in [2.45, 2.75) is 77.7 Å². The first kappa shape index (κ1) is 19.3. The summed E-state index contributed by atoms with van der Waals surface area (Å²) in [5, 5.41) is 24.1. The van der Waals surface area contributed by atoms with Gasteiger partial charge in [-0.25, -0.2) is 0 Å². The Kier molecular flexibility index (Phi) is 4.66. The van der Waals surface area contributed by atoms with Gasteiger partial charge in [0.2, 0.25) is 0 Å². The number of rotatable bonds is 3. The minimum Gasteiger partial charge on any atom is -0.507 e. The van der Waals surface area contributed by atoms with Crippen LogP contribution in [0.3, 0.4) is 0 Å². The van der Waals surface area contributed by atoms with Crippen LogP contribution in [0.5, 0.6) is 5.75 Å². The number of oxime groups is 1. The number of carboxylic acids is 1. The van der Waals surface area contributed by atoms with Crippen LogP contribution < -0.4 is 0 Å². The monoisotopic (exact) mass is 347 g/mol. The Morgan fingerprint density at radius 2 is 1.80 bits per heavy atom. The fraction of sp³-hybridized carbons (Fsp3) is 0.600. The summed E-state index contributed by atoms with van der Waals surface area (Å²) in [5.74, 6) is -0.732. The van der Waals surface area contributed by atoms with Crippen LogP contribution in [-0.2, 0) is 20.5 Å². The van der Waals surface area contributed by atoms with Gasteiger partial charge in [-0.05, 0) is 29.4 Å². The SMILES string of the molecule is CC1(CC(=O)O)CC(c2cc(C(C)(C)C)cc(C(C)(C)C)c2O)=NO1. The van der Waals surface area contributed by atoms with Crippen LogP contribution in [-0.4, -0.2) is 27.5 Å². The molecule has 25 heavy (non-hydrogen) atoms. The standard InChI is InChI=1S/C20H29NO4/c1-18(2,3)12-8-13(17(24)14(9-12)19(4,5)6)15-10-20(7,25-21-15)11-16(22)23/h8-9,24H,10-11H2,1-7H3,(H,22,23). The predicted octanol–water partition coefficient (Wildman–Crippen LogP) is 4.35. The minimum atomic E-state index is -0.929. The molecule has 1 aromatic rings. The number of carbonyl (C=O) groups is 1. The van der Waals surface area contributed by atoms with Gasteiger partial charge < -0.3 is 15.1 Å². The van der Waals surface area contributed by atoms with Crippen LogP contribution in [0, 0.1) is 0 Å². The van der Waals surface area contributed by atoms with E-state index < -0.39 is 11.6 Å². The van der Waals surface area contributed by atoms with Gasteiger partial charge in [-0.3, -0.25) is 4.79 Å². The zero-order chi connectivity index (χ0) is 19.2. The Hall–Kier alpha value is -2.04. The van der Waals surface area contributed by atoms with Crippen molar-refractivity contribution in [3.8, 4) is 5.75 Å². The number of nitrogens with zero attached hydrogens (tertiary/aromatic N) is 1. The van der Waals surface area contributed by atoms with Crippen molar-refractivity contribution in [3.05, 3.63) is 28.8 Å². The molecular weight excluding hydrogens is 318 g/mol. The molecule has 0 aromatic heterocycles. The van der Waals surface area contributed by atoms with Gasteiger partial charge >= 0.3 is 5.97 Å². The van der Waals surface area contributed by atoms with E-state index in [2.05, 4.69) is 46.7 Å². The second-order valence-corrected chi connectivity index (χ2v) is 9.25. The van der Waals surface area contributed by atoms with E-state index in [1.807, 2.05) is 12.1 Å². The number of phenols is 1. The Morgan fingerprint density at radius 1 is 1.20 bits per heavy atom. The molecule has 1 aliphatic rings. The maximum atomic E-state index is 11.1. The number of benzene rings is 1. The lowest BCUT2D eigenvalue weighted by molar-refractivity contribution is -0.143. The molecule has 0 aliphatic carbocycles. The molecule has 1 unspecified atom stereocenters. The zero-order valence-corrected chi connectivity index (χ0v) is 16.2. The average molecular weight is 347 g/mol. The summed E-state index contributed by atoms with van der Waals surface area (Å²) >= 11 is 0. The third kappa shape index (κ3) is 4.14. The van der Waals surface area contributed by atoms with E-state index in [4.69, 9.17) is 9.94 Å². The maximum absolute atomic E-state index is 11.1. The smallest absolute Gasteiger partial charge is 0.307 e. The number of hydrogen-bond donors (Lipinski definition) is 2. The highest BCUT2D eigenvalue weighted by atomic mass is 16.7. The van der Waals surface area contributed by atoms with Crippen LogP contribution in [0.1, 0.15) is 78.0 Å². The first-order valence-electron chi connectivity index (χ1n) is 8.58. The quantitative estimate of drug-likeness (QED) is 0.852. The molecular formula is C20H29NO4. The van der Waals surface area contributed by atoms with Gasteiger partial charge in [0.05, 0.1) is 12.1 Å². The van der Waals surface area contributed by atoms with Crippen molar-refractivity contribution in [2.24, 2.45) is 5.16 Å². The number of aliphatic carboxylic acids is 1.